The van der Waals surface area contributed by atoms with Crippen LogP contribution in [0, 0.1) is 0 Å². The lowest BCUT2D eigenvalue weighted by Gasteiger charge is -2.18. The van der Waals surface area contributed by atoms with E-state index in [4.69, 9.17) is 5.11 Å². The van der Waals surface area contributed by atoms with Crippen molar-refractivity contribution in [3.63, 3.8) is 0 Å². The SMILES string of the molecule is CCN(CC(=O)O)S(=O)(=O)CCCC(F)(F)F. The molecule has 0 bridgehead atoms. The molecule has 102 valence electrons. The first-order chi connectivity index (χ1) is 7.58. The minimum atomic E-state index is -4.40. The normalized spacial score (nSPS) is 13.0. The lowest BCUT2D eigenvalue weighted by Crippen LogP contribution is -2.37. The Morgan fingerprint density at radius 1 is 1.35 bits per heavy atom. The van der Waals surface area contributed by atoms with E-state index in [2.05, 4.69) is 0 Å². The van der Waals surface area contributed by atoms with Crippen LogP contribution >= 0.6 is 0 Å². The maximum absolute atomic E-state index is 11.8. The van der Waals surface area contributed by atoms with Crippen LogP contribution in [-0.4, -0.2) is 48.8 Å². The van der Waals surface area contributed by atoms with Crippen LogP contribution in [0.4, 0.5) is 13.2 Å². The van der Waals surface area contributed by atoms with E-state index >= 15 is 0 Å². The molecule has 0 saturated carbocycles. The fraction of sp³-hybridized carbons (Fsp3) is 0.875. The molecular weight excluding hydrogens is 263 g/mol. The summed E-state index contributed by atoms with van der Waals surface area (Å²) in [6.45, 7) is 0.607. The molecule has 1 N–H and O–H groups in total. The van der Waals surface area contributed by atoms with Crippen molar-refractivity contribution in [1.82, 2.24) is 4.31 Å². The van der Waals surface area contributed by atoms with Crippen molar-refractivity contribution >= 4 is 16.0 Å². The van der Waals surface area contributed by atoms with Crippen molar-refractivity contribution in [2.45, 2.75) is 25.9 Å². The van der Waals surface area contributed by atoms with Gasteiger partial charge in [-0.15, -0.1) is 0 Å². The first kappa shape index (κ1) is 16.2. The monoisotopic (exact) mass is 277 g/mol. The summed E-state index contributed by atoms with van der Waals surface area (Å²) in [5.74, 6) is -2.04. The molecule has 0 aromatic carbocycles. The number of carbonyl (C=O) groups is 1. The zero-order chi connectivity index (χ0) is 13.7. The zero-order valence-electron chi connectivity index (χ0n) is 9.20. The minimum Gasteiger partial charge on any atom is -0.480 e. The van der Waals surface area contributed by atoms with Crippen LogP contribution < -0.4 is 0 Å². The number of aliphatic carboxylic acids is 1. The number of likely N-dealkylation sites (N-methyl/N-ethyl adjacent to an activating group) is 1. The molecule has 0 amide bonds. The Bertz CT molecular complexity index is 352. The summed E-state index contributed by atoms with van der Waals surface area (Å²) in [4.78, 5) is 10.4. The maximum Gasteiger partial charge on any atom is 0.389 e. The number of hydrogen-bond donors (Lipinski definition) is 1. The summed E-state index contributed by atoms with van der Waals surface area (Å²) in [5.41, 5.74) is 0. The van der Waals surface area contributed by atoms with Crippen molar-refractivity contribution in [3.05, 3.63) is 0 Å². The fourth-order valence-corrected chi connectivity index (χ4v) is 2.61. The smallest absolute Gasteiger partial charge is 0.389 e. The lowest BCUT2D eigenvalue weighted by molar-refractivity contribution is -0.137. The standard InChI is InChI=1S/C8H14F3NO4S/c1-2-12(6-7(13)14)17(15,16)5-3-4-8(9,10)11/h2-6H2,1H3,(H,13,14). The summed E-state index contributed by atoms with van der Waals surface area (Å²) in [6.07, 6.45) is -6.17. The van der Waals surface area contributed by atoms with E-state index < -0.39 is 47.3 Å². The van der Waals surface area contributed by atoms with Crippen LogP contribution in [0.2, 0.25) is 0 Å². The fourth-order valence-electron chi connectivity index (χ4n) is 1.14. The number of hydrogen-bond acceptors (Lipinski definition) is 3. The highest BCUT2D eigenvalue weighted by Crippen LogP contribution is 2.22. The molecule has 0 heterocycles. The number of nitrogens with zero attached hydrogens (tertiary/aromatic N) is 1. The molecule has 17 heavy (non-hydrogen) atoms. The van der Waals surface area contributed by atoms with E-state index in [-0.39, 0.29) is 6.54 Å². The summed E-state index contributed by atoms with van der Waals surface area (Å²) >= 11 is 0. The third-order valence-electron chi connectivity index (χ3n) is 1.92. The Morgan fingerprint density at radius 2 is 1.88 bits per heavy atom. The van der Waals surface area contributed by atoms with Crippen molar-refractivity contribution in [2.75, 3.05) is 18.8 Å². The number of sulfonamides is 1. The van der Waals surface area contributed by atoms with Gasteiger partial charge in [0.2, 0.25) is 10.0 Å². The second-order valence-electron chi connectivity index (χ2n) is 3.35. The number of carboxylic acid groups (broad SMARTS) is 1. The predicted molar refractivity (Wildman–Crippen MR) is 54.0 cm³/mol. The Kier molecular flexibility index (Phi) is 5.89. The highest BCUT2D eigenvalue weighted by atomic mass is 32.2. The largest absolute Gasteiger partial charge is 0.480 e. The molecule has 0 aromatic heterocycles. The molecule has 0 rings (SSSR count). The van der Waals surface area contributed by atoms with Gasteiger partial charge in [-0.3, -0.25) is 4.79 Å². The van der Waals surface area contributed by atoms with Crippen LogP contribution in [-0.2, 0) is 14.8 Å². The van der Waals surface area contributed by atoms with Crippen LogP contribution in [0.5, 0.6) is 0 Å². The minimum absolute atomic E-state index is 0.0827. The van der Waals surface area contributed by atoms with Crippen LogP contribution in [0.15, 0.2) is 0 Å². The number of rotatable bonds is 7. The summed E-state index contributed by atoms with van der Waals surface area (Å²) < 4.78 is 59.1. The molecule has 0 spiro atoms. The van der Waals surface area contributed by atoms with Crippen molar-refractivity contribution < 1.29 is 31.5 Å². The summed E-state index contributed by atoms with van der Waals surface area (Å²) in [7, 11) is -3.94. The van der Waals surface area contributed by atoms with Gasteiger partial charge in [-0.25, -0.2) is 8.42 Å². The Balaban J connectivity index is 4.40. The van der Waals surface area contributed by atoms with E-state index in [1.165, 1.54) is 6.92 Å². The van der Waals surface area contributed by atoms with E-state index in [1.807, 2.05) is 0 Å². The average molecular weight is 277 g/mol. The molecule has 0 aromatic rings. The van der Waals surface area contributed by atoms with E-state index in [0.717, 1.165) is 0 Å². The molecule has 0 fully saturated rings. The van der Waals surface area contributed by atoms with Crippen LogP contribution in [0.25, 0.3) is 0 Å². The average Bonchev–Trinajstić information content (AvgIpc) is 2.10. The number of alkyl halides is 3. The number of carboxylic acids is 1. The predicted octanol–water partition coefficient (Wildman–Crippen LogP) is 1.07. The highest BCUT2D eigenvalue weighted by molar-refractivity contribution is 7.89. The molecule has 0 radical (unpaired) electrons. The molecule has 0 atom stereocenters. The van der Waals surface area contributed by atoms with Gasteiger partial charge in [0.25, 0.3) is 0 Å². The second-order valence-corrected chi connectivity index (χ2v) is 5.44. The van der Waals surface area contributed by atoms with Gasteiger partial charge >= 0.3 is 12.1 Å². The summed E-state index contributed by atoms with van der Waals surface area (Å²) in [5, 5.41) is 8.45. The first-order valence-corrected chi connectivity index (χ1v) is 6.46. The first-order valence-electron chi connectivity index (χ1n) is 4.85. The van der Waals surface area contributed by atoms with Gasteiger partial charge in [0, 0.05) is 13.0 Å². The molecular formula is C8H14F3NO4S. The Hall–Kier alpha value is -0.830. The van der Waals surface area contributed by atoms with Crippen LogP contribution in [0.3, 0.4) is 0 Å². The van der Waals surface area contributed by atoms with Gasteiger partial charge in [-0.1, -0.05) is 6.92 Å². The quantitative estimate of drug-likeness (QED) is 0.755. The van der Waals surface area contributed by atoms with Gasteiger partial charge in [0.1, 0.15) is 6.54 Å². The molecule has 0 aliphatic rings. The topological polar surface area (TPSA) is 74.7 Å². The van der Waals surface area contributed by atoms with Crippen molar-refractivity contribution in [1.29, 1.82) is 0 Å². The molecule has 0 aliphatic heterocycles. The van der Waals surface area contributed by atoms with Crippen LogP contribution in [0.1, 0.15) is 19.8 Å². The molecule has 0 unspecified atom stereocenters. The Labute approximate surface area is 97.3 Å². The van der Waals surface area contributed by atoms with E-state index in [1.54, 1.807) is 0 Å². The number of halogens is 3. The molecule has 0 aliphatic carbocycles. The van der Waals surface area contributed by atoms with Crippen molar-refractivity contribution in [3.8, 4) is 0 Å². The maximum atomic E-state index is 11.8. The second kappa shape index (κ2) is 6.20. The van der Waals surface area contributed by atoms with E-state index in [0.29, 0.717) is 4.31 Å². The molecule has 0 saturated heterocycles. The third-order valence-corrected chi connectivity index (χ3v) is 3.90. The van der Waals surface area contributed by atoms with Crippen molar-refractivity contribution in [2.24, 2.45) is 0 Å². The molecule has 9 heteroatoms. The summed E-state index contributed by atoms with van der Waals surface area (Å²) in [6, 6.07) is 0. The van der Waals surface area contributed by atoms with E-state index in [9.17, 15) is 26.4 Å². The zero-order valence-corrected chi connectivity index (χ0v) is 10.0. The molecule has 5 nitrogen and oxygen atoms in total. The Morgan fingerprint density at radius 3 is 2.24 bits per heavy atom. The van der Waals surface area contributed by atoms with Gasteiger partial charge in [0.15, 0.2) is 0 Å². The highest BCUT2D eigenvalue weighted by Gasteiger charge is 2.29. The van der Waals surface area contributed by atoms with Gasteiger partial charge in [-0.2, -0.15) is 17.5 Å². The van der Waals surface area contributed by atoms with Gasteiger partial charge in [-0.05, 0) is 6.42 Å². The lowest BCUT2D eigenvalue weighted by atomic mass is 10.3. The van der Waals surface area contributed by atoms with Gasteiger partial charge in [0.05, 0.1) is 5.75 Å². The third kappa shape index (κ3) is 7.16. The van der Waals surface area contributed by atoms with Gasteiger partial charge < -0.3 is 5.11 Å².